The number of rotatable bonds is 4. The van der Waals surface area contributed by atoms with Crippen LogP contribution < -0.4 is 5.32 Å². The van der Waals surface area contributed by atoms with Crippen molar-refractivity contribution in [1.29, 1.82) is 0 Å². The van der Waals surface area contributed by atoms with E-state index in [4.69, 9.17) is 0 Å². The summed E-state index contributed by atoms with van der Waals surface area (Å²) in [5.41, 5.74) is 2.29. The number of nitrogens with zero attached hydrogens (tertiary/aromatic N) is 1. The van der Waals surface area contributed by atoms with E-state index in [1.54, 1.807) is 20.2 Å². The van der Waals surface area contributed by atoms with E-state index in [-0.39, 0.29) is 6.03 Å². The van der Waals surface area contributed by atoms with Crippen LogP contribution >= 0.6 is 0 Å². The molecule has 0 aromatic carbocycles. The Balaban J connectivity index is 4.34. The zero-order valence-electron chi connectivity index (χ0n) is 10.0. The van der Waals surface area contributed by atoms with E-state index >= 15 is 0 Å². The van der Waals surface area contributed by atoms with Gasteiger partial charge in [-0.05, 0) is 19.4 Å². The second kappa shape index (κ2) is 6.87. The van der Waals surface area contributed by atoms with E-state index < -0.39 is 0 Å². The van der Waals surface area contributed by atoms with Crippen molar-refractivity contribution < 1.29 is 4.79 Å². The Bertz CT molecular complexity index is 284. The van der Waals surface area contributed by atoms with E-state index in [0.717, 1.165) is 5.57 Å². The highest BCUT2D eigenvalue weighted by molar-refractivity contribution is 5.73. The summed E-state index contributed by atoms with van der Waals surface area (Å²) in [6, 6.07) is -0.0826. The van der Waals surface area contributed by atoms with Gasteiger partial charge in [0.05, 0.1) is 0 Å². The first-order valence-corrected chi connectivity index (χ1v) is 4.89. The third kappa shape index (κ3) is 5.73. The van der Waals surface area contributed by atoms with Gasteiger partial charge in [0.1, 0.15) is 0 Å². The number of carbonyl (C=O) groups is 1. The van der Waals surface area contributed by atoms with Crippen LogP contribution in [0.1, 0.15) is 13.8 Å². The highest BCUT2D eigenvalue weighted by Crippen LogP contribution is 2.04. The van der Waals surface area contributed by atoms with Gasteiger partial charge in [0.2, 0.25) is 0 Å². The molecule has 0 aliphatic carbocycles. The highest BCUT2D eigenvalue weighted by Gasteiger charge is 2.02. The Morgan fingerprint density at radius 3 is 2.40 bits per heavy atom. The van der Waals surface area contributed by atoms with E-state index in [1.807, 2.05) is 26.0 Å². The minimum Gasteiger partial charge on any atom is -0.334 e. The summed E-state index contributed by atoms with van der Waals surface area (Å²) in [6.07, 6.45) is 5.54. The summed E-state index contributed by atoms with van der Waals surface area (Å²) in [6.45, 7) is 8.19. The molecule has 0 aromatic rings. The maximum absolute atomic E-state index is 11.3. The summed E-state index contributed by atoms with van der Waals surface area (Å²) in [5, 5.41) is 2.82. The van der Waals surface area contributed by atoms with Crippen LogP contribution in [0.4, 0.5) is 4.79 Å². The summed E-state index contributed by atoms with van der Waals surface area (Å²) in [5.74, 6) is 0. The third-order valence-corrected chi connectivity index (χ3v) is 1.91. The first kappa shape index (κ1) is 13.5. The lowest BCUT2D eigenvalue weighted by atomic mass is 10.1. The second-order valence-corrected chi connectivity index (χ2v) is 3.67. The van der Waals surface area contributed by atoms with Gasteiger partial charge in [-0.1, -0.05) is 30.4 Å². The monoisotopic (exact) mass is 208 g/mol. The average Bonchev–Trinajstić information content (AvgIpc) is 2.16. The second-order valence-electron chi connectivity index (χ2n) is 3.67. The Kier molecular flexibility index (Phi) is 6.18. The lowest BCUT2D eigenvalue weighted by Crippen LogP contribution is -2.35. The Hall–Kier alpha value is -1.51. The van der Waals surface area contributed by atoms with Crippen molar-refractivity contribution in [3.8, 4) is 0 Å². The number of allylic oxidation sites excluding steroid dienone is 3. The summed E-state index contributed by atoms with van der Waals surface area (Å²) >= 11 is 0. The maximum Gasteiger partial charge on any atom is 0.317 e. The molecular formula is C12H20N2O. The molecule has 0 spiro atoms. The van der Waals surface area contributed by atoms with Gasteiger partial charge in [0, 0.05) is 20.6 Å². The first-order chi connectivity index (χ1) is 6.99. The number of hydrogen-bond acceptors (Lipinski definition) is 1. The molecule has 0 saturated carbocycles. The normalized spacial score (nSPS) is 9.87. The van der Waals surface area contributed by atoms with Crippen LogP contribution in [0.2, 0.25) is 0 Å². The fraction of sp³-hybridized carbons (Fsp3) is 0.417. The molecule has 15 heavy (non-hydrogen) atoms. The number of amides is 2. The molecular weight excluding hydrogens is 188 g/mol. The standard InChI is InChI=1S/C12H20N2O/c1-6-7-8-11(10(2)3)9-13-12(15)14(4)5/h6-8H,1,9H2,2-5H3,(H,13,15)/b8-7-. The van der Waals surface area contributed by atoms with Crippen molar-refractivity contribution >= 4 is 6.03 Å². The molecule has 0 heterocycles. The molecule has 0 unspecified atom stereocenters. The molecule has 1 N–H and O–H groups in total. The van der Waals surface area contributed by atoms with Gasteiger partial charge in [-0.15, -0.1) is 0 Å². The predicted octanol–water partition coefficient (Wildman–Crippen LogP) is 2.34. The smallest absolute Gasteiger partial charge is 0.317 e. The number of carbonyl (C=O) groups excluding carboxylic acids is 1. The lowest BCUT2D eigenvalue weighted by molar-refractivity contribution is 0.218. The molecule has 0 bridgehead atoms. The molecule has 84 valence electrons. The van der Waals surface area contributed by atoms with E-state index in [1.165, 1.54) is 10.5 Å². The van der Waals surface area contributed by atoms with Crippen LogP contribution in [-0.4, -0.2) is 31.6 Å². The van der Waals surface area contributed by atoms with Gasteiger partial charge < -0.3 is 10.2 Å². The largest absolute Gasteiger partial charge is 0.334 e. The summed E-state index contributed by atoms with van der Waals surface area (Å²) < 4.78 is 0. The lowest BCUT2D eigenvalue weighted by Gasteiger charge is -2.13. The fourth-order valence-electron chi connectivity index (χ4n) is 0.916. The topological polar surface area (TPSA) is 32.3 Å². The zero-order chi connectivity index (χ0) is 11.8. The minimum atomic E-state index is -0.0826. The van der Waals surface area contributed by atoms with E-state index in [2.05, 4.69) is 11.9 Å². The van der Waals surface area contributed by atoms with E-state index in [0.29, 0.717) is 6.54 Å². The number of nitrogens with one attached hydrogen (secondary N) is 1. The van der Waals surface area contributed by atoms with Gasteiger partial charge in [0.25, 0.3) is 0 Å². The van der Waals surface area contributed by atoms with Crippen LogP contribution in [-0.2, 0) is 0 Å². The molecule has 0 aromatic heterocycles. The molecule has 0 aliphatic heterocycles. The van der Waals surface area contributed by atoms with Crippen LogP contribution in [0.15, 0.2) is 36.0 Å². The molecule has 2 amide bonds. The van der Waals surface area contributed by atoms with Crippen LogP contribution in [0.5, 0.6) is 0 Å². The molecule has 0 saturated heterocycles. The van der Waals surface area contributed by atoms with Crippen molar-refractivity contribution in [2.75, 3.05) is 20.6 Å². The number of urea groups is 1. The number of hydrogen-bond donors (Lipinski definition) is 1. The van der Waals surface area contributed by atoms with Crippen molar-refractivity contribution in [3.63, 3.8) is 0 Å². The van der Waals surface area contributed by atoms with Crippen LogP contribution in [0.3, 0.4) is 0 Å². The Labute approximate surface area is 92.2 Å². The average molecular weight is 208 g/mol. The quantitative estimate of drug-likeness (QED) is 0.707. The molecule has 0 radical (unpaired) electrons. The minimum absolute atomic E-state index is 0.0826. The summed E-state index contributed by atoms with van der Waals surface area (Å²) in [7, 11) is 3.44. The summed E-state index contributed by atoms with van der Waals surface area (Å²) in [4.78, 5) is 12.8. The Morgan fingerprint density at radius 2 is 2.00 bits per heavy atom. The molecule has 0 atom stereocenters. The zero-order valence-corrected chi connectivity index (χ0v) is 10.0. The maximum atomic E-state index is 11.3. The molecule has 3 nitrogen and oxygen atoms in total. The SMILES string of the molecule is C=C/C=C\C(CNC(=O)N(C)C)=C(C)C. The van der Waals surface area contributed by atoms with Crippen molar-refractivity contribution in [3.05, 3.63) is 36.0 Å². The predicted molar refractivity (Wildman–Crippen MR) is 64.8 cm³/mol. The molecule has 0 aliphatic rings. The Morgan fingerprint density at radius 1 is 1.40 bits per heavy atom. The van der Waals surface area contributed by atoms with Gasteiger partial charge in [-0.2, -0.15) is 0 Å². The van der Waals surface area contributed by atoms with Gasteiger partial charge in [-0.25, -0.2) is 4.79 Å². The van der Waals surface area contributed by atoms with Gasteiger partial charge >= 0.3 is 6.03 Å². The molecule has 0 fully saturated rings. The van der Waals surface area contributed by atoms with Crippen molar-refractivity contribution in [2.24, 2.45) is 0 Å². The van der Waals surface area contributed by atoms with Gasteiger partial charge in [0.15, 0.2) is 0 Å². The van der Waals surface area contributed by atoms with Crippen molar-refractivity contribution in [1.82, 2.24) is 10.2 Å². The third-order valence-electron chi connectivity index (χ3n) is 1.91. The van der Waals surface area contributed by atoms with E-state index in [9.17, 15) is 4.79 Å². The highest BCUT2D eigenvalue weighted by atomic mass is 16.2. The van der Waals surface area contributed by atoms with Crippen LogP contribution in [0.25, 0.3) is 0 Å². The molecule has 0 rings (SSSR count). The van der Waals surface area contributed by atoms with Crippen molar-refractivity contribution in [2.45, 2.75) is 13.8 Å². The van der Waals surface area contributed by atoms with Crippen LogP contribution in [0, 0.1) is 0 Å². The fourth-order valence-corrected chi connectivity index (χ4v) is 0.916. The molecule has 3 heteroatoms. The first-order valence-electron chi connectivity index (χ1n) is 4.89. The van der Waals surface area contributed by atoms with Gasteiger partial charge in [-0.3, -0.25) is 0 Å².